The zero-order valence-electron chi connectivity index (χ0n) is 13.5. The molecule has 132 valence electrons. The number of pyridine rings is 1. The molecule has 1 atom stereocenters. The first-order valence-electron chi connectivity index (χ1n) is 7.39. The maximum atomic E-state index is 13.3. The highest BCUT2D eigenvalue weighted by atomic mass is 19.1. The molecule has 1 fully saturated rings. The van der Waals surface area contributed by atoms with E-state index >= 15 is 0 Å². The Morgan fingerprint density at radius 1 is 1.36 bits per heavy atom. The summed E-state index contributed by atoms with van der Waals surface area (Å²) >= 11 is 0. The molecule has 2 N–H and O–H groups in total. The number of imide groups is 1. The number of nitrogens with zero attached hydrogens (tertiary/aromatic N) is 1. The van der Waals surface area contributed by atoms with Crippen molar-refractivity contribution in [2.75, 3.05) is 6.67 Å². The molecule has 1 unspecified atom stereocenters. The van der Waals surface area contributed by atoms with Gasteiger partial charge in [0, 0.05) is 11.8 Å². The van der Waals surface area contributed by atoms with E-state index in [0.29, 0.717) is 11.6 Å². The molecular weight excluding hydrogens is 332 g/mol. The number of aromatic nitrogens is 1. The van der Waals surface area contributed by atoms with Crippen LogP contribution in [0.2, 0.25) is 0 Å². The minimum atomic E-state index is -1.65. The molecule has 0 saturated carbocycles. The van der Waals surface area contributed by atoms with Gasteiger partial charge in [0.2, 0.25) is 0 Å². The number of urea groups is 1. The van der Waals surface area contributed by atoms with Crippen LogP contribution in [0.5, 0.6) is 0 Å². The molecule has 0 bridgehead atoms. The zero-order valence-corrected chi connectivity index (χ0v) is 13.5. The fourth-order valence-corrected chi connectivity index (χ4v) is 2.43. The highest BCUT2D eigenvalue weighted by molar-refractivity contribution is 6.09. The second-order valence-corrected chi connectivity index (χ2v) is 5.54. The Bertz CT molecular complexity index is 842. The molecule has 6 nitrogen and oxygen atoms in total. The lowest BCUT2D eigenvalue weighted by atomic mass is 9.89. The first-order chi connectivity index (χ1) is 11.8. The predicted molar refractivity (Wildman–Crippen MR) is 88.3 cm³/mol. The molecule has 2 rings (SSSR count). The molecule has 0 aliphatic carbocycles. The van der Waals surface area contributed by atoms with Crippen molar-refractivity contribution in [3.8, 4) is 0 Å². The summed E-state index contributed by atoms with van der Waals surface area (Å²) in [4.78, 5) is 36.2. The molecule has 3 amide bonds. The van der Waals surface area contributed by atoms with Crippen LogP contribution in [0.3, 0.4) is 0 Å². The van der Waals surface area contributed by atoms with Gasteiger partial charge in [-0.15, -0.1) is 0 Å². The minimum Gasteiger partial charge on any atom is -0.318 e. The third-order valence-electron chi connectivity index (χ3n) is 3.82. The number of amides is 3. The van der Waals surface area contributed by atoms with E-state index in [9.17, 15) is 23.2 Å². The van der Waals surface area contributed by atoms with E-state index in [0.717, 1.165) is 12.2 Å². The van der Waals surface area contributed by atoms with Gasteiger partial charge < -0.3 is 9.88 Å². The monoisotopic (exact) mass is 349 g/mol. The summed E-state index contributed by atoms with van der Waals surface area (Å²) in [6.45, 7) is 4.12. The molecule has 1 aliphatic heterocycles. The van der Waals surface area contributed by atoms with Crippen LogP contribution in [0.1, 0.15) is 5.56 Å². The summed E-state index contributed by atoms with van der Waals surface area (Å²) in [5.41, 5.74) is -1.48. The summed E-state index contributed by atoms with van der Waals surface area (Å²) in [6, 6.07) is 2.49. The van der Waals surface area contributed by atoms with Crippen LogP contribution in [-0.2, 0) is 11.3 Å². The Morgan fingerprint density at radius 2 is 2.08 bits per heavy atom. The first-order valence-corrected chi connectivity index (χ1v) is 7.39. The smallest absolute Gasteiger partial charge is 0.318 e. The third-order valence-corrected chi connectivity index (χ3v) is 3.82. The Labute approximate surface area is 142 Å². The lowest BCUT2D eigenvalue weighted by Gasteiger charge is -2.27. The van der Waals surface area contributed by atoms with Crippen LogP contribution < -0.4 is 16.2 Å². The van der Waals surface area contributed by atoms with Crippen molar-refractivity contribution >= 4 is 11.9 Å². The molecule has 1 saturated heterocycles. The molecule has 25 heavy (non-hydrogen) atoms. The molecule has 1 aromatic heterocycles. The van der Waals surface area contributed by atoms with E-state index in [1.54, 1.807) is 19.1 Å². The van der Waals surface area contributed by atoms with Crippen molar-refractivity contribution in [3.63, 3.8) is 0 Å². The average molecular weight is 349 g/mol. The van der Waals surface area contributed by atoms with Gasteiger partial charge in [-0.1, -0.05) is 18.7 Å². The highest BCUT2D eigenvalue weighted by Gasteiger charge is 2.48. The molecular formula is C17H17F2N3O3. The van der Waals surface area contributed by atoms with Gasteiger partial charge >= 0.3 is 6.03 Å². The van der Waals surface area contributed by atoms with Crippen molar-refractivity contribution in [2.45, 2.75) is 19.0 Å². The standard InChI is InChI=1S/C17H17F2N3O3/c1-11-4-3-9-22(14(11)23)10-17(15(24)20-16(25)21-17)12(2)5-6-13(19)7-8-18/h3-7,9H,2,8,10H2,1H3,(H2,20,21,24,25)/b6-5-,13-7+. The zero-order chi connectivity index (χ0) is 18.6. The van der Waals surface area contributed by atoms with Gasteiger partial charge in [0.15, 0.2) is 5.54 Å². The number of carbonyl (C=O) groups excluding carboxylic acids is 2. The van der Waals surface area contributed by atoms with Gasteiger partial charge in [0.05, 0.1) is 6.54 Å². The predicted octanol–water partition coefficient (Wildman–Crippen LogP) is 1.67. The molecule has 1 aliphatic rings. The van der Waals surface area contributed by atoms with Crippen LogP contribution in [-0.4, -0.2) is 28.7 Å². The summed E-state index contributed by atoms with van der Waals surface area (Å²) in [7, 11) is 0. The fourth-order valence-electron chi connectivity index (χ4n) is 2.43. The van der Waals surface area contributed by atoms with Crippen molar-refractivity contribution in [1.29, 1.82) is 0 Å². The molecule has 0 radical (unpaired) electrons. The van der Waals surface area contributed by atoms with E-state index in [2.05, 4.69) is 17.2 Å². The van der Waals surface area contributed by atoms with Gasteiger partial charge in [0.25, 0.3) is 11.5 Å². The van der Waals surface area contributed by atoms with Crippen LogP contribution in [0.4, 0.5) is 13.6 Å². The minimum absolute atomic E-state index is 0.0478. The van der Waals surface area contributed by atoms with E-state index in [1.165, 1.54) is 10.8 Å². The van der Waals surface area contributed by atoms with Gasteiger partial charge in [-0.05, 0) is 30.7 Å². The Morgan fingerprint density at radius 3 is 2.68 bits per heavy atom. The maximum absolute atomic E-state index is 13.3. The highest BCUT2D eigenvalue weighted by Crippen LogP contribution is 2.24. The van der Waals surface area contributed by atoms with Crippen LogP contribution in [0.25, 0.3) is 0 Å². The Hall–Kier alpha value is -3.03. The third kappa shape index (κ3) is 3.73. The molecule has 0 aromatic carbocycles. The van der Waals surface area contributed by atoms with E-state index in [-0.39, 0.29) is 17.7 Å². The number of allylic oxidation sites excluding steroid dienone is 3. The molecule has 1 aromatic rings. The van der Waals surface area contributed by atoms with Gasteiger partial charge in [-0.3, -0.25) is 14.9 Å². The summed E-state index contributed by atoms with van der Waals surface area (Å²) in [5.74, 6) is -1.56. The number of rotatable bonds is 6. The average Bonchev–Trinajstić information content (AvgIpc) is 2.84. The van der Waals surface area contributed by atoms with Crippen molar-refractivity contribution in [1.82, 2.24) is 15.2 Å². The Balaban J connectivity index is 2.42. The summed E-state index contributed by atoms with van der Waals surface area (Å²) in [5, 5.41) is 4.53. The van der Waals surface area contributed by atoms with Crippen molar-refractivity contribution in [3.05, 3.63) is 70.5 Å². The Kier molecular flexibility index (Phi) is 5.31. The number of hydrogen-bond acceptors (Lipinski definition) is 3. The van der Waals surface area contributed by atoms with Crippen molar-refractivity contribution < 1.29 is 18.4 Å². The van der Waals surface area contributed by atoms with Crippen LogP contribution in [0.15, 0.2) is 59.3 Å². The maximum Gasteiger partial charge on any atom is 0.322 e. The lowest BCUT2D eigenvalue weighted by molar-refractivity contribution is -0.123. The number of alkyl halides is 1. The number of hydrogen-bond donors (Lipinski definition) is 2. The van der Waals surface area contributed by atoms with Crippen LogP contribution in [0, 0.1) is 6.92 Å². The topological polar surface area (TPSA) is 80.2 Å². The summed E-state index contributed by atoms with van der Waals surface area (Å²) in [6.07, 6.45) is 4.26. The normalized spacial score (nSPS) is 20.7. The lowest BCUT2D eigenvalue weighted by Crippen LogP contribution is -2.52. The second kappa shape index (κ2) is 7.25. The first kappa shape index (κ1) is 18.3. The number of carbonyl (C=O) groups is 2. The molecule has 2 heterocycles. The number of halogens is 2. The van der Waals surface area contributed by atoms with E-state index < -0.39 is 30.0 Å². The molecule has 0 spiro atoms. The van der Waals surface area contributed by atoms with Crippen LogP contribution >= 0.6 is 0 Å². The quantitative estimate of drug-likeness (QED) is 0.606. The number of aryl methyl sites for hydroxylation is 1. The van der Waals surface area contributed by atoms with Gasteiger partial charge in [-0.2, -0.15) is 0 Å². The van der Waals surface area contributed by atoms with E-state index in [1.807, 2.05) is 0 Å². The number of nitrogens with one attached hydrogen (secondary N) is 2. The largest absolute Gasteiger partial charge is 0.322 e. The van der Waals surface area contributed by atoms with Crippen molar-refractivity contribution in [2.24, 2.45) is 0 Å². The fraction of sp³-hybridized carbons (Fsp3) is 0.235. The summed E-state index contributed by atoms with van der Waals surface area (Å²) < 4.78 is 26.7. The van der Waals surface area contributed by atoms with Gasteiger partial charge in [-0.25, -0.2) is 13.6 Å². The SMILES string of the molecule is C=C(/C=C\C(F)=C/CF)C1(Cn2cccc(C)c2=O)NC(=O)NC1=O. The second-order valence-electron chi connectivity index (χ2n) is 5.54. The van der Waals surface area contributed by atoms with Gasteiger partial charge in [0.1, 0.15) is 12.5 Å². The van der Waals surface area contributed by atoms with E-state index in [4.69, 9.17) is 0 Å². The molecule has 8 heteroatoms.